The Morgan fingerprint density at radius 2 is 1.75 bits per heavy atom. The van der Waals surface area contributed by atoms with E-state index in [1.54, 1.807) is 0 Å². The van der Waals surface area contributed by atoms with Crippen molar-refractivity contribution in [3.05, 3.63) is 59.9 Å². The highest BCUT2D eigenvalue weighted by Crippen LogP contribution is 2.33. The third-order valence-electron chi connectivity index (χ3n) is 4.84. The number of rotatable bonds is 3. The van der Waals surface area contributed by atoms with Crippen LogP contribution in [0.2, 0.25) is 0 Å². The Morgan fingerprint density at radius 1 is 1.00 bits per heavy atom. The third kappa shape index (κ3) is 2.92. The molecule has 1 amide bonds. The van der Waals surface area contributed by atoms with Gasteiger partial charge in [0.25, 0.3) is 5.91 Å². The highest BCUT2D eigenvalue weighted by atomic mass is 16.5. The largest absolute Gasteiger partial charge is 0.350 e. The number of carbonyl (C=O) groups is 1. The lowest BCUT2D eigenvalue weighted by Crippen LogP contribution is -2.11. The molecule has 4 heteroatoms. The third-order valence-corrected chi connectivity index (χ3v) is 4.84. The number of aromatic nitrogens is 1. The standard InChI is InChI=1S/C20H20N2O2/c23-20(19-17-8-4-5-9-18(17)22-24-19)21-16-12-10-15(11-13-16)14-6-2-1-3-7-14/h4-5,8-14H,1-3,6-7H2,(H,21,23). The summed E-state index contributed by atoms with van der Waals surface area (Å²) >= 11 is 0. The van der Waals surface area contributed by atoms with Crippen molar-refractivity contribution in [1.29, 1.82) is 0 Å². The highest BCUT2D eigenvalue weighted by molar-refractivity contribution is 6.10. The molecular weight excluding hydrogens is 300 g/mol. The predicted molar refractivity (Wildman–Crippen MR) is 94.2 cm³/mol. The first-order valence-electron chi connectivity index (χ1n) is 8.57. The van der Waals surface area contributed by atoms with Gasteiger partial charge in [-0.1, -0.05) is 48.7 Å². The molecule has 0 aliphatic heterocycles. The molecule has 1 aliphatic rings. The Kier molecular flexibility index (Phi) is 4.03. The van der Waals surface area contributed by atoms with Crippen molar-refractivity contribution < 1.29 is 9.32 Å². The van der Waals surface area contributed by atoms with E-state index < -0.39 is 0 Å². The van der Waals surface area contributed by atoms with E-state index in [-0.39, 0.29) is 11.7 Å². The Morgan fingerprint density at radius 3 is 2.54 bits per heavy atom. The van der Waals surface area contributed by atoms with Crippen LogP contribution in [-0.4, -0.2) is 11.1 Å². The first-order chi connectivity index (χ1) is 11.8. The Balaban J connectivity index is 1.49. The molecule has 0 unspecified atom stereocenters. The fraction of sp³-hybridized carbons (Fsp3) is 0.300. The molecular formula is C20H20N2O2. The van der Waals surface area contributed by atoms with Crippen LogP contribution in [0.15, 0.2) is 53.1 Å². The van der Waals surface area contributed by atoms with Crippen LogP contribution in [0.25, 0.3) is 10.9 Å². The minimum atomic E-state index is -0.269. The molecule has 4 nitrogen and oxygen atoms in total. The summed E-state index contributed by atoms with van der Waals surface area (Å²) < 4.78 is 5.21. The van der Waals surface area contributed by atoms with Gasteiger partial charge in [-0.2, -0.15) is 0 Å². The van der Waals surface area contributed by atoms with Crippen molar-refractivity contribution >= 4 is 22.5 Å². The molecule has 122 valence electrons. The molecule has 0 saturated heterocycles. The Labute approximate surface area is 140 Å². The monoisotopic (exact) mass is 320 g/mol. The van der Waals surface area contributed by atoms with Gasteiger partial charge in [-0.3, -0.25) is 4.79 Å². The van der Waals surface area contributed by atoms with Gasteiger partial charge in [-0.05, 0) is 48.6 Å². The van der Waals surface area contributed by atoms with Gasteiger partial charge in [0.2, 0.25) is 5.76 Å². The molecule has 2 aromatic carbocycles. The molecule has 0 spiro atoms. The molecule has 0 bridgehead atoms. The summed E-state index contributed by atoms with van der Waals surface area (Å²) in [5.41, 5.74) is 2.84. The van der Waals surface area contributed by atoms with E-state index in [0.29, 0.717) is 11.4 Å². The summed E-state index contributed by atoms with van der Waals surface area (Å²) in [6.07, 6.45) is 6.55. The van der Waals surface area contributed by atoms with Crippen LogP contribution < -0.4 is 5.32 Å². The SMILES string of the molecule is O=C(Nc1ccc(C2CCCCC2)cc1)c1onc2ccccc12. The van der Waals surface area contributed by atoms with Gasteiger partial charge in [0, 0.05) is 5.69 Å². The normalized spacial score (nSPS) is 15.5. The van der Waals surface area contributed by atoms with Crippen molar-refractivity contribution in [3.63, 3.8) is 0 Å². The number of amides is 1. The van der Waals surface area contributed by atoms with E-state index in [9.17, 15) is 4.79 Å². The number of nitrogens with one attached hydrogen (secondary N) is 1. The van der Waals surface area contributed by atoms with E-state index in [4.69, 9.17) is 4.52 Å². The van der Waals surface area contributed by atoms with E-state index in [0.717, 1.165) is 11.1 Å². The fourth-order valence-corrected chi connectivity index (χ4v) is 3.52. The van der Waals surface area contributed by atoms with Gasteiger partial charge < -0.3 is 9.84 Å². The number of nitrogens with zero attached hydrogens (tertiary/aromatic N) is 1. The summed E-state index contributed by atoms with van der Waals surface area (Å²) in [5, 5.41) is 7.55. The molecule has 1 saturated carbocycles. The van der Waals surface area contributed by atoms with E-state index in [2.05, 4.69) is 22.6 Å². The van der Waals surface area contributed by atoms with E-state index >= 15 is 0 Å². The first-order valence-corrected chi connectivity index (χ1v) is 8.57. The summed E-state index contributed by atoms with van der Waals surface area (Å²) in [7, 11) is 0. The average molecular weight is 320 g/mol. The van der Waals surface area contributed by atoms with Gasteiger partial charge >= 0.3 is 0 Å². The fourth-order valence-electron chi connectivity index (χ4n) is 3.52. The van der Waals surface area contributed by atoms with Crippen molar-refractivity contribution in [1.82, 2.24) is 5.16 Å². The molecule has 0 atom stereocenters. The summed E-state index contributed by atoms with van der Waals surface area (Å²) in [4.78, 5) is 12.4. The molecule has 24 heavy (non-hydrogen) atoms. The van der Waals surface area contributed by atoms with Crippen molar-refractivity contribution in [2.75, 3.05) is 5.32 Å². The van der Waals surface area contributed by atoms with Crippen LogP contribution in [-0.2, 0) is 0 Å². The maximum absolute atomic E-state index is 12.4. The van der Waals surface area contributed by atoms with Crippen LogP contribution in [0, 0.1) is 0 Å². The lowest BCUT2D eigenvalue weighted by atomic mass is 9.84. The Hall–Kier alpha value is -2.62. The minimum Gasteiger partial charge on any atom is -0.350 e. The Bertz CT molecular complexity index is 845. The minimum absolute atomic E-state index is 0.252. The van der Waals surface area contributed by atoms with Crippen LogP contribution in [0.4, 0.5) is 5.69 Å². The van der Waals surface area contributed by atoms with Gasteiger partial charge in [0.05, 0.1) is 5.39 Å². The number of hydrogen-bond donors (Lipinski definition) is 1. The first kappa shape index (κ1) is 14.9. The van der Waals surface area contributed by atoms with Crippen LogP contribution in [0.1, 0.15) is 54.1 Å². The summed E-state index contributed by atoms with van der Waals surface area (Å²) in [6.45, 7) is 0. The molecule has 1 fully saturated rings. The molecule has 3 aromatic rings. The highest BCUT2D eigenvalue weighted by Gasteiger charge is 2.18. The second-order valence-corrected chi connectivity index (χ2v) is 6.44. The molecule has 4 rings (SSSR count). The zero-order valence-corrected chi connectivity index (χ0v) is 13.5. The average Bonchev–Trinajstić information content (AvgIpc) is 3.07. The molecule has 0 radical (unpaired) electrons. The zero-order valence-electron chi connectivity index (χ0n) is 13.5. The number of hydrogen-bond acceptors (Lipinski definition) is 3. The van der Waals surface area contributed by atoms with Gasteiger partial charge in [0.15, 0.2) is 0 Å². The lowest BCUT2D eigenvalue weighted by molar-refractivity contribution is 0.0990. The second kappa shape index (κ2) is 6.48. The molecule has 1 aromatic heterocycles. The molecule has 1 heterocycles. The van der Waals surface area contributed by atoms with Crippen LogP contribution in [0.5, 0.6) is 0 Å². The summed E-state index contributed by atoms with van der Waals surface area (Å²) in [5.74, 6) is 0.651. The van der Waals surface area contributed by atoms with Crippen molar-refractivity contribution in [2.45, 2.75) is 38.0 Å². The quantitative estimate of drug-likeness (QED) is 0.728. The van der Waals surface area contributed by atoms with Crippen molar-refractivity contribution in [3.8, 4) is 0 Å². The molecule has 1 N–H and O–H groups in total. The van der Waals surface area contributed by atoms with E-state index in [1.807, 2.05) is 36.4 Å². The number of anilines is 1. The maximum atomic E-state index is 12.4. The molecule has 1 aliphatic carbocycles. The number of fused-ring (bicyclic) bond motifs is 1. The van der Waals surface area contributed by atoms with Crippen molar-refractivity contribution in [2.24, 2.45) is 0 Å². The van der Waals surface area contributed by atoms with Gasteiger partial charge in [0.1, 0.15) is 5.52 Å². The maximum Gasteiger partial charge on any atom is 0.294 e. The van der Waals surface area contributed by atoms with Gasteiger partial charge in [-0.15, -0.1) is 0 Å². The van der Waals surface area contributed by atoms with Crippen LogP contribution in [0.3, 0.4) is 0 Å². The van der Waals surface area contributed by atoms with Gasteiger partial charge in [-0.25, -0.2) is 0 Å². The summed E-state index contributed by atoms with van der Waals surface area (Å²) in [6, 6.07) is 15.6. The number of carbonyl (C=O) groups excluding carboxylic acids is 1. The topological polar surface area (TPSA) is 55.1 Å². The predicted octanol–water partition coefficient (Wildman–Crippen LogP) is 5.13. The zero-order chi connectivity index (χ0) is 16.4. The smallest absolute Gasteiger partial charge is 0.294 e. The lowest BCUT2D eigenvalue weighted by Gasteiger charge is -2.22. The van der Waals surface area contributed by atoms with E-state index in [1.165, 1.54) is 37.7 Å². The van der Waals surface area contributed by atoms with Crippen LogP contribution >= 0.6 is 0 Å². The number of benzene rings is 2. The second-order valence-electron chi connectivity index (χ2n) is 6.44.